The maximum atomic E-state index is 6.04. The van der Waals surface area contributed by atoms with Gasteiger partial charge < -0.3 is 13.9 Å². The highest BCUT2D eigenvalue weighted by molar-refractivity contribution is 5.06. The highest BCUT2D eigenvalue weighted by atomic mass is 16.5. The van der Waals surface area contributed by atoms with Crippen LogP contribution < -0.4 is 0 Å². The van der Waals surface area contributed by atoms with Crippen molar-refractivity contribution in [3.8, 4) is 0 Å². The molecule has 3 heterocycles. The molecular formula is C16H25NO3. The first-order valence-corrected chi connectivity index (χ1v) is 7.75. The quantitative estimate of drug-likeness (QED) is 0.830. The molecule has 2 aliphatic heterocycles. The minimum absolute atomic E-state index is 0.191. The fraction of sp³-hybridized carbons (Fsp3) is 0.750. The minimum Gasteiger partial charge on any atom is -0.472 e. The summed E-state index contributed by atoms with van der Waals surface area (Å²) in [4.78, 5) is 2.52. The number of nitrogens with zero attached hydrogens (tertiary/aromatic N) is 1. The number of rotatable bonds is 5. The van der Waals surface area contributed by atoms with Crippen molar-refractivity contribution in [2.75, 3.05) is 32.9 Å². The van der Waals surface area contributed by atoms with E-state index in [9.17, 15) is 0 Å². The van der Waals surface area contributed by atoms with Crippen LogP contribution in [-0.2, 0) is 16.0 Å². The van der Waals surface area contributed by atoms with Gasteiger partial charge in [0.1, 0.15) is 0 Å². The van der Waals surface area contributed by atoms with E-state index in [-0.39, 0.29) is 5.41 Å². The normalized spacial score (nSPS) is 31.1. The summed E-state index contributed by atoms with van der Waals surface area (Å²) in [7, 11) is 0. The van der Waals surface area contributed by atoms with Gasteiger partial charge in [0.25, 0.3) is 0 Å². The van der Waals surface area contributed by atoms with E-state index in [0.717, 1.165) is 52.3 Å². The summed E-state index contributed by atoms with van der Waals surface area (Å²) >= 11 is 0. The van der Waals surface area contributed by atoms with Gasteiger partial charge >= 0.3 is 0 Å². The zero-order chi connectivity index (χ0) is 13.8. The topological polar surface area (TPSA) is 34.8 Å². The summed E-state index contributed by atoms with van der Waals surface area (Å²) in [6.07, 6.45) is 7.47. The molecule has 0 aromatic carbocycles. The molecule has 0 N–H and O–H groups in total. The second-order valence-corrected chi connectivity index (χ2v) is 6.09. The number of hydrogen-bond acceptors (Lipinski definition) is 4. The summed E-state index contributed by atoms with van der Waals surface area (Å²) in [5, 5.41) is 0. The summed E-state index contributed by atoms with van der Waals surface area (Å²) < 4.78 is 17.0. The average molecular weight is 279 g/mol. The summed E-state index contributed by atoms with van der Waals surface area (Å²) in [5.74, 6) is 0. The third kappa shape index (κ3) is 2.92. The van der Waals surface area contributed by atoms with Crippen molar-refractivity contribution in [3.63, 3.8) is 0 Å². The van der Waals surface area contributed by atoms with E-state index in [1.54, 1.807) is 6.26 Å². The predicted molar refractivity (Wildman–Crippen MR) is 76.5 cm³/mol. The van der Waals surface area contributed by atoms with Crippen LogP contribution in [0.15, 0.2) is 23.0 Å². The maximum absolute atomic E-state index is 6.04. The number of hydrogen-bond donors (Lipinski definition) is 0. The molecule has 0 unspecified atom stereocenters. The standard InChI is InChI=1S/C16H25NO3/c1-2-18-13-16-6-3-8-20-15(16)4-7-17(12-16)10-14-5-9-19-11-14/h5,9,11,15H,2-4,6-8,10,12-13H2,1H3/t15-,16-/m1/s1. The Labute approximate surface area is 121 Å². The lowest BCUT2D eigenvalue weighted by Crippen LogP contribution is -2.56. The minimum atomic E-state index is 0.191. The molecule has 3 rings (SSSR count). The number of ether oxygens (including phenoxy) is 2. The largest absolute Gasteiger partial charge is 0.472 e. The van der Waals surface area contributed by atoms with E-state index in [0.29, 0.717) is 6.10 Å². The van der Waals surface area contributed by atoms with Gasteiger partial charge in [-0.3, -0.25) is 4.90 Å². The van der Waals surface area contributed by atoms with Gasteiger partial charge in [0.2, 0.25) is 0 Å². The molecule has 4 heteroatoms. The molecule has 0 aliphatic carbocycles. The number of furan rings is 1. The zero-order valence-corrected chi connectivity index (χ0v) is 12.3. The predicted octanol–water partition coefficient (Wildman–Crippen LogP) is 2.69. The molecule has 0 amide bonds. The molecule has 0 spiro atoms. The molecule has 1 aromatic heterocycles. The van der Waals surface area contributed by atoms with E-state index in [2.05, 4.69) is 17.9 Å². The van der Waals surface area contributed by atoms with Crippen LogP contribution in [0.1, 0.15) is 31.7 Å². The summed E-state index contributed by atoms with van der Waals surface area (Å²) in [5.41, 5.74) is 1.45. The van der Waals surface area contributed by atoms with Gasteiger partial charge in [-0.1, -0.05) is 0 Å². The maximum Gasteiger partial charge on any atom is 0.0947 e. The van der Waals surface area contributed by atoms with Crippen molar-refractivity contribution < 1.29 is 13.9 Å². The van der Waals surface area contributed by atoms with E-state index < -0.39 is 0 Å². The van der Waals surface area contributed by atoms with Gasteiger partial charge in [0, 0.05) is 43.8 Å². The fourth-order valence-electron chi connectivity index (χ4n) is 3.67. The van der Waals surface area contributed by atoms with Crippen molar-refractivity contribution in [2.24, 2.45) is 5.41 Å². The molecular weight excluding hydrogens is 254 g/mol. The molecule has 1 aromatic rings. The van der Waals surface area contributed by atoms with Crippen LogP contribution in [0.3, 0.4) is 0 Å². The van der Waals surface area contributed by atoms with E-state index >= 15 is 0 Å². The van der Waals surface area contributed by atoms with Gasteiger partial charge in [0.05, 0.1) is 25.2 Å². The Bertz CT molecular complexity index is 406. The monoisotopic (exact) mass is 279 g/mol. The van der Waals surface area contributed by atoms with Gasteiger partial charge in [0.15, 0.2) is 0 Å². The molecule has 112 valence electrons. The molecule has 4 nitrogen and oxygen atoms in total. The van der Waals surface area contributed by atoms with E-state index in [1.807, 2.05) is 6.26 Å². The van der Waals surface area contributed by atoms with Crippen molar-refractivity contribution in [1.29, 1.82) is 0 Å². The van der Waals surface area contributed by atoms with Gasteiger partial charge in [-0.15, -0.1) is 0 Å². The Hall–Kier alpha value is -0.840. The van der Waals surface area contributed by atoms with Gasteiger partial charge in [-0.25, -0.2) is 0 Å². The highest BCUT2D eigenvalue weighted by Crippen LogP contribution is 2.40. The molecule has 0 saturated carbocycles. The lowest BCUT2D eigenvalue weighted by atomic mass is 9.73. The molecule has 2 saturated heterocycles. The van der Waals surface area contributed by atoms with Crippen molar-refractivity contribution in [2.45, 2.75) is 38.8 Å². The first kappa shape index (κ1) is 14.1. The van der Waals surface area contributed by atoms with Gasteiger partial charge in [-0.05, 0) is 32.3 Å². The van der Waals surface area contributed by atoms with Crippen LogP contribution in [0.4, 0.5) is 0 Å². The Morgan fingerprint density at radius 2 is 2.45 bits per heavy atom. The van der Waals surface area contributed by atoms with Gasteiger partial charge in [-0.2, -0.15) is 0 Å². The second-order valence-electron chi connectivity index (χ2n) is 6.09. The number of piperidine rings is 1. The van der Waals surface area contributed by atoms with Crippen LogP contribution in [0.25, 0.3) is 0 Å². The summed E-state index contributed by atoms with van der Waals surface area (Å²) in [6, 6.07) is 2.05. The Morgan fingerprint density at radius 3 is 3.25 bits per heavy atom. The second kappa shape index (κ2) is 6.29. The van der Waals surface area contributed by atoms with Crippen LogP contribution >= 0.6 is 0 Å². The number of fused-ring (bicyclic) bond motifs is 1. The van der Waals surface area contributed by atoms with Crippen LogP contribution in [0, 0.1) is 5.41 Å². The molecule has 2 aliphatic rings. The van der Waals surface area contributed by atoms with Crippen molar-refractivity contribution >= 4 is 0 Å². The fourth-order valence-corrected chi connectivity index (χ4v) is 3.67. The molecule has 2 atom stereocenters. The van der Waals surface area contributed by atoms with Crippen LogP contribution in [0.5, 0.6) is 0 Å². The SMILES string of the molecule is CCOC[C@]12CCCO[C@@H]1CCN(Cc1ccoc1)C2. The molecule has 20 heavy (non-hydrogen) atoms. The summed E-state index contributed by atoms with van der Waals surface area (Å²) in [6.45, 7) is 7.75. The smallest absolute Gasteiger partial charge is 0.0947 e. The Kier molecular flexibility index (Phi) is 4.44. The first-order chi connectivity index (χ1) is 9.82. The third-order valence-electron chi connectivity index (χ3n) is 4.65. The Morgan fingerprint density at radius 1 is 1.50 bits per heavy atom. The molecule has 0 bridgehead atoms. The van der Waals surface area contributed by atoms with E-state index in [1.165, 1.54) is 12.0 Å². The van der Waals surface area contributed by atoms with Crippen molar-refractivity contribution in [3.05, 3.63) is 24.2 Å². The number of likely N-dealkylation sites (tertiary alicyclic amines) is 1. The zero-order valence-electron chi connectivity index (χ0n) is 12.3. The molecule has 2 fully saturated rings. The van der Waals surface area contributed by atoms with Crippen molar-refractivity contribution in [1.82, 2.24) is 4.90 Å². The third-order valence-corrected chi connectivity index (χ3v) is 4.65. The lowest BCUT2D eigenvalue weighted by Gasteiger charge is -2.50. The lowest BCUT2D eigenvalue weighted by molar-refractivity contribution is -0.153. The van der Waals surface area contributed by atoms with Crippen LogP contribution in [-0.4, -0.2) is 43.9 Å². The van der Waals surface area contributed by atoms with E-state index in [4.69, 9.17) is 13.9 Å². The first-order valence-electron chi connectivity index (χ1n) is 7.75. The average Bonchev–Trinajstić information content (AvgIpc) is 2.98. The molecule has 0 radical (unpaired) electrons. The highest BCUT2D eigenvalue weighted by Gasteiger charge is 2.45. The Balaban J connectivity index is 1.68. The van der Waals surface area contributed by atoms with Crippen LogP contribution in [0.2, 0.25) is 0 Å².